The zero-order chi connectivity index (χ0) is 17.9. The topological polar surface area (TPSA) is 72.7 Å². The van der Waals surface area contributed by atoms with Crippen molar-refractivity contribution in [2.24, 2.45) is 0 Å². The first-order chi connectivity index (χ1) is 12.7. The summed E-state index contributed by atoms with van der Waals surface area (Å²) < 4.78 is 1.71. The molecule has 0 aromatic carbocycles. The van der Waals surface area contributed by atoms with Crippen molar-refractivity contribution < 1.29 is 4.79 Å². The molecule has 0 aliphatic carbocycles. The second kappa shape index (κ2) is 7.19. The summed E-state index contributed by atoms with van der Waals surface area (Å²) in [7, 11) is 0. The summed E-state index contributed by atoms with van der Waals surface area (Å²) >= 11 is 2.99. The number of carbonyl (C=O) groups excluding carboxylic acids is 1. The normalized spacial score (nSPS) is 10.8. The molecular weight excluding hydrogens is 366 g/mol. The van der Waals surface area contributed by atoms with Crippen molar-refractivity contribution in [2.45, 2.75) is 13.5 Å². The molecule has 0 saturated heterocycles. The molecule has 0 atom stereocenters. The quantitative estimate of drug-likeness (QED) is 0.556. The Balaban J connectivity index is 1.56. The number of thiazole rings is 1. The Labute approximate surface area is 158 Å². The molecule has 0 aliphatic rings. The molecule has 0 aliphatic heterocycles. The summed E-state index contributed by atoms with van der Waals surface area (Å²) in [6, 6.07) is 9.59. The smallest absolute Gasteiger partial charge is 0.275 e. The van der Waals surface area contributed by atoms with Gasteiger partial charge in [0.25, 0.3) is 5.91 Å². The van der Waals surface area contributed by atoms with E-state index in [1.165, 1.54) is 11.3 Å². The SMILES string of the molecule is CCn1nc(-c2cccs2)cc1C(=O)Nc1nc(-c2cccnc2)cs1. The van der Waals surface area contributed by atoms with E-state index in [2.05, 4.69) is 20.4 Å². The van der Waals surface area contributed by atoms with Gasteiger partial charge < -0.3 is 0 Å². The van der Waals surface area contributed by atoms with Crippen LogP contribution in [0.4, 0.5) is 5.13 Å². The van der Waals surface area contributed by atoms with Crippen molar-refractivity contribution in [1.29, 1.82) is 0 Å². The van der Waals surface area contributed by atoms with Gasteiger partial charge >= 0.3 is 0 Å². The third-order valence-corrected chi connectivity index (χ3v) is 5.42. The highest BCUT2D eigenvalue weighted by molar-refractivity contribution is 7.14. The fourth-order valence-corrected chi connectivity index (χ4v) is 3.92. The molecular formula is C18H15N5OS2. The molecule has 0 fully saturated rings. The van der Waals surface area contributed by atoms with E-state index in [9.17, 15) is 4.79 Å². The fourth-order valence-electron chi connectivity index (χ4n) is 2.52. The molecule has 4 aromatic rings. The van der Waals surface area contributed by atoms with E-state index in [1.54, 1.807) is 28.4 Å². The highest BCUT2D eigenvalue weighted by atomic mass is 32.1. The van der Waals surface area contributed by atoms with Crippen LogP contribution in [0.2, 0.25) is 0 Å². The van der Waals surface area contributed by atoms with Gasteiger partial charge in [0.1, 0.15) is 11.4 Å². The van der Waals surface area contributed by atoms with Gasteiger partial charge in [0, 0.05) is 29.9 Å². The number of anilines is 1. The predicted molar refractivity (Wildman–Crippen MR) is 105 cm³/mol. The van der Waals surface area contributed by atoms with Crippen LogP contribution in [0.1, 0.15) is 17.4 Å². The van der Waals surface area contributed by atoms with Gasteiger partial charge in [-0.2, -0.15) is 5.10 Å². The first-order valence-corrected chi connectivity index (χ1v) is 9.79. The Kier molecular flexibility index (Phi) is 4.59. The highest BCUT2D eigenvalue weighted by Crippen LogP contribution is 2.26. The molecule has 0 unspecified atom stereocenters. The van der Waals surface area contributed by atoms with Crippen molar-refractivity contribution in [3.63, 3.8) is 0 Å². The third-order valence-electron chi connectivity index (χ3n) is 3.77. The molecule has 4 heterocycles. The number of nitrogens with one attached hydrogen (secondary N) is 1. The lowest BCUT2D eigenvalue weighted by Gasteiger charge is -2.03. The van der Waals surface area contributed by atoms with Gasteiger partial charge in [0.15, 0.2) is 5.13 Å². The van der Waals surface area contributed by atoms with Gasteiger partial charge in [-0.05, 0) is 36.6 Å². The zero-order valence-corrected chi connectivity index (χ0v) is 15.5. The van der Waals surface area contributed by atoms with Crippen LogP contribution in [-0.2, 0) is 6.54 Å². The van der Waals surface area contributed by atoms with Crippen molar-refractivity contribution in [3.05, 3.63) is 59.2 Å². The number of thiophene rings is 1. The second-order valence-corrected chi connectivity index (χ2v) is 7.25. The predicted octanol–water partition coefficient (Wildman–Crippen LogP) is 4.40. The van der Waals surface area contributed by atoms with Crippen LogP contribution in [-0.4, -0.2) is 25.7 Å². The molecule has 0 saturated carbocycles. The minimum absolute atomic E-state index is 0.214. The summed E-state index contributed by atoms with van der Waals surface area (Å²) in [4.78, 5) is 22.3. The van der Waals surface area contributed by atoms with Crippen LogP contribution in [0, 0.1) is 0 Å². The molecule has 0 spiro atoms. The maximum Gasteiger partial charge on any atom is 0.275 e. The molecule has 8 heteroatoms. The molecule has 130 valence electrons. The van der Waals surface area contributed by atoms with Crippen LogP contribution >= 0.6 is 22.7 Å². The van der Waals surface area contributed by atoms with Gasteiger partial charge in [-0.1, -0.05) is 6.07 Å². The van der Waals surface area contributed by atoms with E-state index in [0.29, 0.717) is 17.4 Å². The highest BCUT2D eigenvalue weighted by Gasteiger charge is 2.17. The molecule has 1 amide bonds. The molecule has 4 rings (SSSR count). The van der Waals surface area contributed by atoms with Gasteiger partial charge in [-0.3, -0.25) is 19.8 Å². The molecule has 4 aromatic heterocycles. The first-order valence-electron chi connectivity index (χ1n) is 8.03. The number of hydrogen-bond donors (Lipinski definition) is 1. The van der Waals surface area contributed by atoms with Crippen molar-refractivity contribution >= 4 is 33.7 Å². The van der Waals surface area contributed by atoms with Crippen molar-refractivity contribution in [3.8, 4) is 21.8 Å². The molecule has 26 heavy (non-hydrogen) atoms. The Morgan fingerprint density at radius 2 is 2.15 bits per heavy atom. The molecule has 0 bridgehead atoms. The molecule has 1 N–H and O–H groups in total. The van der Waals surface area contributed by atoms with Crippen molar-refractivity contribution in [2.75, 3.05) is 5.32 Å². The summed E-state index contributed by atoms with van der Waals surface area (Å²) in [6.07, 6.45) is 3.47. The number of hydrogen-bond acceptors (Lipinski definition) is 6. The Morgan fingerprint density at radius 3 is 2.88 bits per heavy atom. The van der Waals surface area contributed by atoms with E-state index < -0.39 is 0 Å². The Bertz CT molecular complexity index is 1020. The fraction of sp³-hybridized carbons (Fsp3) is 0.111. The Hall–Kier alpha value is -2.84. The lowest BCUT2D eigenvalue weighted by Crippen LogP contribution is -2.17. The van der Waals surface area contributed by atoms with Crippen LogP contribution in [0.25, 0.3) is 21.8 Å². The maximum absolute atomic E-state index is 12.7. The van der Waals surface area contributed by atoms with Gasteiger partial charge in [0.2, 0.25) is 0 Å². The summed E-state index contributed by atoms with van der Waals surface area (Å²) in [5, 5.41) is 11.9. The van der Waals surface area contributed by atoms with Crippen LogP contribution in [0.3, 0.4) is 0 Å². The lowest BCUT2D eigenvalue weighted by molar-refractivity contribution is 0.101. The number of carbonyl (C=O) groups is 1. The van der Waals surface area contributed by atoms with E-state index in [0.717, 1.165) is 21.8 Å². The summed E-state index contributed by atoms with van der Waals surface area (Å²) in [6.45, 7) is 2.58. The summed E-state index contributed by atoms with van der Waals surface area (Å²) in [5.41, 5.74) is 3.04. The zero-order valence-electron chi connectivity index (χ0n) is 13.9. The maximum atomic E-state index is 12.7. The second-order valence-electron chi connectivity index (χ2n) is 5.44. The average Bonchev–Trinajstić information content (AvgIpc) is 3.41. The van der Waals surface area contributed by atoms with E-state index in [1.807, 2.05) is 48.0 Å². The van der Waals surface area contributed by atoms with E-state index in [4.69, 9.17) is 0 Å². The van der Waals surface area contributed by atoms with E-state index >= 15 is 0 Å². The molecule has 0 radical (unpaired) electrons. The number of nitrogens with zero attached hydrogens (tertiary/aromatic N) is 4. The standard InChI is InChI=1S/C18H15N5OS2/c1-2-23-15(9-13(22-23)16-6-4-8-25-16)17(24)21-18-20-14(11-26-18)12-5-3-7-19-10-12/h3-11H,2H2,1H3,(H,20,21,24). The van der Waals surface area contributed by atoms with Crippen LogP contribution in [0.15, 0.2) is 53.5 Å². The number of amides is 1. The third kappa shape index (κ3) is 3.29. The van der Waals surface area contributed by atoms with Gasteiger partial charge in [0.05, 0.1) is 10.6 Å². The average molecular weight is 381 g/mol. The minimum Gasteiger partial charge on any atom is -0.296 e. The van der Waals surface area contributed by atoms with Gasteiger partial charge in [-0.25, -0.2) is 4.98 Å². The number of rotatable bonds is 5. The molecule has 6 nitrogen and oxygen atoms in total. The van der Waals surface area contributed by atoms with Crippen LogP contribution < -0.4 is 5.32 Å². The van der Waals surface area contributed by atoms with Crippen molar-refractivity contribution in [1.82, 2.24) is 19.7 Å². The summed E-state index contributed by atoms with van der Waals surface area (Å²) in [5.74, 6) is -0.214. The number of aromatic nitrogens is 4. The van der Waals surface area contributed by atoms with Gasteiger partial charge in [-0.15, -0.1) is 22.7 Å². The number of pyridine rings is 1. The number of aryl methyl sites for hydroxylation is 1. The first kappa shape index (κ1) is 16.6. The van der Waals surface area contributed by atoms with Crippen LogP contribution in [0.5, 0.6) is 0 Å². The lowest BCUT2D eigenvalue weighted by atomic mass is 10.2. The Morgan fingerprint density at radius 1 is 1.23 bits per heavy atom. The minimum atomic E-state index is -0.214. The van der Waals surface area contributed by atoms with E-state index in [-0.39, 0.29) is 5.91 Å². The largest absolute Gasteiger partial charge is 0.296 e. The monoisotopic (exact) mass is 381 g/mol.